The largest absolute Gasteiger partial charge is 0.469 e. The summed E-state index contributed by atoms with van der Waals surface area (Å²) in [5.74, 6) is 2.03. The second-order valence-corrected chi connectivity index (χ2v) is 3.66. The summed E-state index contributed by atoms with van der Waals surface area (Å²) >= 11 is 0. The lowest BCUT2D eigenvalue weighted by atomic mass is 10.2. The second kappa shape index (κ2) is 4.65. The summed E-state index contributed by atoms with van der Waals surface area (Å²) in [6.45, 7) is 2.05. The van der Waals surface area contributed by atoms with Gasteiger partial charge in [0.2, 0.25) is 0 Å². The summed E-state index contributed by atoms with van der Waals surface area (Å²) in [7, 11) is 0. The highest BCUT2D eigenvalue weighted by atomic mass is 16.3. The summed E-state index contributed by atoms with van der Waals surface area (Å²) in [4.78, 5) is 8.08. The monoisotopic (exact) mass is 218 g/mol. The van der Waals surface area contributed by atoms with Gasteiger partial charge in [0.25, 0.3) is 0 Å². The van der Waals surface area contributed by atoms with Crippen molar-refractivity contribution < 1.29 is 4.42 Å². The number of nitrogens with one attached hydrogen (secondary N) is 1. The molecule has 5 heteroatoms. The highest BCUT2D eigenvalue weighted by Gasteiger charge is 2.06. The molecule has 1 atom stereocenters. The molecule has 0 saturated heterocycles. The van der Waals surface area contributed by atoms with Crippen molar-refractivity contribution in [3.8, 4) is 0 Å². The van der Waals surface area contributed by atoms with E-state index in [1.807, 2.05) is 19.1 Å². The number of nitrogen functional groups attached to an aromatic ring is 1. The first-order chi connectivity index (χ1) is 7.74. The van der Waals surface area contributed by atoms with Crippen molar-refractivity contribution in [2.75, 3.05) is 11.1 Å². The Hall–Kier alpha value is -2.04. The van der Waals surface area contributed by atoms with Crippen LogP contribution < -0.4 is 11.1 Å². The third-order valence-corrected chi connectivity index (χ3v) is 2.13. The van der Waals surface area contributed by atoms with E-state index in [0.29, 0.717) is 11.6 Å². The molecular weight excluding hydrogens is 204 g/mol. The Morgan fingerprint density at radius 2 is 2.38 bits per heavy atom. The van der Waals surface area contributed by atoms with Crippen LogP contribution in [0.3, 0.4) is 0 Å². The molecular formula is C11H14N4O. The van der Waals surface area contributed by atoms with E-state index in [1.54, 1.807) is 12.5 Å². The number of nitrogens with zero attached hydrogens (tertiary/aromatic N) is 2. The number of nitrogens with two attached hydrogens (primary N) is 1. The molecule has 16 heavy (non-hydrogen) atoms. The van der Waals surface area contributed by atoms with Crippen LogP contribution in [0.15, 0.2) is 35.2 Å². The molecule has 2 rings (SSSR count). The Kier molecular flexibility index (Phi) is 3.05. The summed E-state index contributed by atoms with van der Waals surface area (Å²) in [6.07, 6.45) is 5.63. The molecule has 2 aromatic heterocycles. The fraction of sp³-hybridized carbons (Fsp3) is 0.273. The minimum Gasteiger partial charge on any atom is -0.469 e. The molecule has 0 aliphatic carbocycles. The Morgan fingerprint density at radius 3 is 3.06 bits per heavy atom. The Labute approximate surface area is 93.7 Å². The van der Waals surface area contributed by atoms with Gasteiger partial charge < -0.3 is 15.5 Å². The number of hydrogen-bond acceptors (Lipinski definition) is 5. The maximum Gasteiger partial charge on any atom is 0.147 e. The van der Waals surface area contributed by atoms with Gasteiger partial charge in [0.1, 0.15) is 17.4 Å². The van der Waals surface area contributed by atoms with Gasteiger partial charge in [-0.25, -0.2) is 4.98 Å². The number of aromatic nitrogens is 2. The number of hydrogen-bond donors (Lipinski definition) is 2. The molecule has 0 amide bonds. The fourth-order valence-corrected chi connectivity index (χ4v) is 1.48. The number of rotatable bonds is 4. The average Bonchev–Trinajstić information content (AvgIpc) is 2.70. The van der Waals surface area contributed by atoms with Gasteiger partial charge in [-0.1, -0.05) is 0 Å². The first-order valence-corrected chi connectivity index (χ1v) is 5.10. The van der Waals surface area contributed by atoms with Crippen LogP contribution in [-0.2, 0) is 6.42 Å². The minimum absolute atomic E-state index is 0.210. The molecule has 0 spiro atoms. The SMILES string of the molecule is CC(Cc1ccco1)Nc1cncc(N)n1. The van der Waals surface area contributed by atoms with Crippen molar-refractivity contribution >= 4 is 11.6 Å². The van der Waals surface area contributed by atoms with Crippen LogP contribution in [0.5, 0.6) is 0 Å². The maximum atomic E-state index is 5.54. The minimum atomic E-state index is 0.210. The third-order valence-electron chi connectivity index (χ3n) is 2.13. The first kappa shape index (κ1) is 10.5. The molecule has 0 fully saturated rings. The summed E-state index contributed by atoms with van der Waals surface area (Å²) in [6, 6.07) is 4.04. The lowest BCUT2D eigenvalue weighted by Gasteiger charge is -2.12. The van der Waals surface area contributed by atoms with Gasteiger partial charge in [-0.15, -0.1) is 0 Å². The van der Waals surface area contributed by atoms with E-state index in [-0.39, 0.29) is 6.04 Å². The van der Waals surface area contributed by atoms with E-state index in [4.69, 9.17) is 10.2 Å². The zero-order valence-electron chi connectivity index (χ0n) is 9.05. The molecule has 0 aliphatic rings. The normalized spacial score (nSPS) is 12.3. The Morgan fingerprint density at radius 1 is 1.50 bits per heavy atom. The van der Waals surface area contributed by atoms with Crippen LogP contribution in [0.4, 0.5) is 11.6 Å². The Bertz CT molecular complexity index is 441. The quantitative estimate of drug-likeness (QED) is 0.816. The Balaban J connectivity index is 1.94. The molecule has 3 N–H and O–H groups in total. The van der Waals surface area contributed by atoms with Gasteiger partial charge >= 0.3 is 0 Å². The van der Waals surface area contributed by atoms with Crippen LogP contribution in [-0.4, -0.2) is 16.0 Å². The third kappa shape index (κ3) is 2.73. The van der Waals surface area contributed by atoms with Gasteiger partial charge in [-0.05, 0) is 19.1 Å². The predicted octanol–water partition coefficient (Wildman–Crippen LogP) is 1.69. The van der Waals surface area contributed by atoms with Crippen molar-refractivity contribution in [3.63, 3.8) is 0 Å². The fourth-order valence-electron chi connectivity index (χ4n) is 1.48. The van der Waals surface area contributed by atoms with Crippen LogP contribution in [0, 0.1) is 0 Å². The molecule has 5 nitrogen and oxygen atoms in total. The van der Waals surface area contributed by atoms with Crippen molar-refractivity contribution in [3.05, 3.63) is 36.5 Å². The van der Waals surface area contributed by atoms with Gasteiger partial charge in [0.05, 0.1) is 18.7 Å². The highest BCUT2D eigenvalue weighted by Crippen LogP contribution is 2.09. The number of furan rings is 1. The highest BCUT2D eigenvalue weighted by molar-refractivity contribution is 5.39. The van der Waals surface area contributed by atoms with Crippen molar-refractivity contribution in [2.24, 2.45) is 0 Å². The molecule has 0 radical (unpaired) electrons. The molecule has 0 aliphatic heterocycles. The molecule has 2 heterocycles. The maximum absolute atomic E-state index is 5.54. The van der Waals surface area contributed by atoms with Crippen molar-refractivity contribution in [1.82, 2.24) is 9.97 Å². The lowest BCUT2D eigenvalue weighted by molar-refractivity contribution is 0.497. The topological polar surface area (TPSA) is 77.0 Å². The summed E-state index contributed by atoms with van der Waals surface area (Å²) in [5, 5.41) is 3.21. The molecule has 0 aromatic carbocycles. The van der Waals surface area contributed by atoms with Crippen LogP contribution in [0.25, 0.3) is 0 Å². The summed E-state index contributed by atoms with van der Waals surface area (Å²) < 4.78 is 5.26. The van der Waals surface area contributed by atoms with E-state index in [9.17, 15) is 0 Å². The van der Waals surface area contributed by atoms with E-state index in [1.165, 1.54) is 6.20 Å². The first-order valence-electron chi connectivity index (χ1n) is 5.10. The van der Waals surface area contributed by atoms with E-state index < -0.39 is 0 Å². The standard InChI is InChI=1S/C11H14N4O/c1-8(5-9-3-2-4-16-9)14-11-7-13-6-10(12)15-11/h2-4,6-8H,5H2,1H3,(H3,12,14,15). The molecule has 84 valence electrons. The molecule has 1 unspecified atom stereocenters. The van der Waals surface area contributed by atoms with Crippen molar-refractivity contribution in [1.29, 1.82) is 0 Å². The van der Waals surface area contributed by atoms with Gasteiger partial charge in [-0.2, -0.15) is 0 Å². The van der Waals surface area contributed by atoms with Crippen LogP contribution in [0.1, 0.15) is 12.7 Å². The zero-order valence-corrected chi connectivity index (χ0v) is 9.05. The smallest absolute Gasteiger partial charge is 0.147 e. The van der Waals surface area contributed by atoms with Crippen LogP contribution >= 0.6 is 0 Å². The molecule has 2 aromatic rings. The summed E-state index contributed by atoms with van der Waals surface area (Å²) in [5.41, 5.74) is 5.54. The molecule has 0 bridgehead atoms. The van der Waals surface area contributed by atoms with Crippen molar-refractivity contribution in [2.45, 2.75) is 19.4 Å². The average molecular weight is 218 g/mol. The van der Waals surface area contributed by atoms with Gasteiger partial charge in [0, 0.05) is 12.5 Å². The zero-order chi connectivity index (χ0) is 11.4. The number of anilines is 2. The van der Waals surface area contributed by atoms with Gasteiger partial charge in [0.15, 0.2) is 0 Å². The van der Waals surface area contributed by atoms with E-state index in [2.05, 4.69) is 15.3 Å². The van der Waals surface area contributed by atoms with E-state index in [0.717, 1.165) is 12.2 Å². The molecule has 0 saturated carbocycles. The lowest BCUT2D eigenvalue weighted by Crippen LogP contribution is -2.18. The van der Waals surface area contributed by atoms with E-state index >= 15 is 0 Å². The predicted molar refractivity (Wildman–Crippen MR) is 61.9 cm³/mol. The second-order valence-electron chi connectivity index (χ2n) is 3.66. The van der Waals surface area contributed by atoms with Crippen LogP contribution in [0.2, 0.25) is 0 Å². The van der Waals surface area contributed by atoms with Gasteiger partial charge in [-0.3, -0.25) is 4.98 Å².